The first-order chi connectivity index (χ1) is 16.3. The van der Waals surface area contributed by atoms with Gasteiger partial charge in [0.05, 0.1) is 23.7 Å². The van der Waals surface area contributed by atoms with E-state index >= 15 is 0 Å². The molecular formula is C26H30N4O3S. The zero-order valence-electron chi connectivity index (χ0n) is 19.9. The summed E-state index contributed by atoms with van der Waals surface area (Å²) in [6.45, 7) is 3.02. The Kier molecular flexibility index (Phi) is 7.08. The standard InChI is InChI=1S/C26H30N4O3S/c1-27(2)34(32,33)23-13-11-22(12-14-23)18-30-20-28(3)25-15-17-29(19-24(25)26(30)31)16-7-10-21-8-5-4-6-9-21/h4-6,8-9,11-14H,15-20H2,1-3H3. The van der Waals surface area contributed by atoms with Crippen LogP contribution in [0, 0.1) is 11.8 Å². The Balaban J connectivity index is 1.43. The molecule has 8 heteroatoms. The van der Waals surface area contributed by atoms with E-state index in [-0.39, 0.29) is 10.8 Å². The Bertz CT molecular complexity index is 1240. The summed E-state index contributed by atoms with van der Waals surface area (Å²) >= 11 is 0. The van der Waals surface area contributed by atoms with Crippen LogP contribution in [0.25, 0.3) is 0 Å². The Morgan fingerprint density at radius 1 is 1.03 bits per heavy atom. The van der Waals surface area contributed by atoms with Gasteiger partial charge in [0, 0.05) is 58.5 Å². The quantitative estimate of drug-likeness (QED) is 0.617. The molecule has 178 valence electrons. The van der Waals surface area contributed by atoms with Crippen LogP contribution in [-0.2, 0) is 21.4 Å². The van der Waals surface area contributed by atoms with Crippen molar-refractivity contribution in [3.05, 3.63) is 77.0 Å². The zero-order chi connectivity index (χ0) is 24.3. The molecule has 0 fully saturated rings. The summed E-state index contributed by atoms with van der Waals surface area (Å²) in [7, 11) is 1.57. The van der Waals surface area contributed by atoms with Gasteiger partial charge in [0.25, 0.3) is 5.91 Å². The van der Waals surface area contributed by atoms with Gasteiger partial charge in [-0.05, 0) is 29.8 Å². The lowest BCUT2D eigenvalue weighted by Gasteiger charge is -2.42. The molecule has 0 saturated heterocycles. The second-order valence-corrected chi connectivity index (χ2v) is 11.0. The Morgan fingerprint density at radius 2 is 1.74 bits per heavy atom. The number of hydrogen-bond donors (Lipinski definition) is 0. The highest BCUT2D eigenvalue weighted by atomic mass is 32.2. The fraction of sp³-hybridized carbons (Fsp3) is 0.346. The zero-order valence-corrected chi connectivity index (χ0v) is 20.7. The van der Waals surface area contributed by atoms with Crippen molar-refractivity contribution in [2.45, 2.75) is 17.9 Å². The topological polar surface area (TPSA) is 64.2 Å². The second kappa shape index (κ2) is 10.0. The molecule has 2 aliphatic rings. The van der Waals surface area contributed by atoms with Crippen LogP contribution in [0.4, 0.5) is 0 Å². The van der Waals surface area contributed by atoms with Gasteiger partial charge in [-0.1, -0.05) is 42.2 Å². The first-order valence-corrected chi connectivity index (χ1v) is 12.7. The van der Waals surface area contributed by atoms with Crippen molar-refractivity contribution in [1.82, 2.24) is 19.0 Å². The van der Waals surface area contributed by atoms with Gasteiger partial charge in [0.2, 0.25) is 10.0 Å². The first kappa shape index (κ1) is 24.0. The highest BCUT2D eigenvalue weighted by Gasteiger charge is 2.33. The molecule has 2 aromatic rings. The van der Waals surface area contributed by atoms with Crippen molar-refractivity contribution >= 4 is 15.9 Å². The molecular weight excluding hydrogens is 448 g/mol. The van der Waals surface area contributed by atoms with Gasteiger partial charge >= 0.3 is 0 Å². The van der Waals surface area contributed by atoms with Crippen LogP contribution in [0.3, 0.4) is 0 Å². The van der Waals surface area contributed by atoms with E-state index in [1.165, 1.54) is 18.4 Å². The van der Waals surface area contributed by atoms with Crippen molar-refractivity contribution in [3.63, 3.8) is 0 Å². The highest BCUT2D eigenvalue weighted by molar-refractivity contribution is 7.89. The third-order valence-electron chi connectivity index (χ3n) is 6.17. The Labute approximate surface area is 202 Å². The lowest BCUT2D eigenvalue weighted by Crippen LogP contribution is -2.50. The van der Waals surface area contributed by atoms with Gasteiger partial charge in [-0.15, -0.1) is 0 Å². The molecule has 0 aliphatic carbocycles. The molecule has 0 N–H and O–H groups in total. The number of rotatable bonds is 5. The molecule has 0 aromatic heterocycles. The largest absolute Gasteiger partial charge is 0.360 e. The lowest BCUT2D eigenvalue weighted by atomic mass is 10.0. The predicted octanol–water partition coefficient (Wildman–Crippen LogP) is 2.18. The lowest BCUT2D eigenvalue weighted by molar-refractivity contribution is -0.131. The van der Waals surface area contributed by atoms with E-state index in [0.29, 0.717) is 26.3 Å². The molecule has 34 heavy (non-hydrogen) atoms. The van der Waals surface area contributed by atoms with Crippen LogP contribution >= 0.6 is 0 Å². The summed E-state index contributed by atoms with van der Waals surface area (Å²) in [5, 5.41) is 0. The van der Waals surface area contributed by atoms with Crippen LogP contribution in [0.2, 0.25) is 0 Å². The summed E-state index contributed by atoms with van der Waals surface area (Å²) in [6.07, 6.45) is 0.829. The molecule has 1 amide bonds. The minimum absolute atomic E-state index is 0.0406. The van der Waals surface area contributed by atoms with Crippen LogP contribution in [0.5, 0.6) is 0 Å². The molecule has 2 aliphatic heterocycles. The maximum atomic E-state index is 13.3. The first-order valence-electron chi connectivity index (χ1n) is 11.3. The van der Waals surface area contributed by atoms with Gasteiger partial charge in [0.15, 0.2) is 0 Å². The normalized spacial score (nSPS) is 17.0. The maximum Gasteiger partial charge on any atom is 0.254 e. The third-order valence-corrected chi connectivity index (χ3v) is 8.00. The number of carbonyl (C=O) groups excluding carboxylic acids is 1. The Hall–Kier alpha value is -3.12. The summed E-state index contributed by atoms with van der Waals surface area (Å²) in [5.41, 5.74) is 3.82. The fourth-order valence-corrected chi connectivity index (χ4v) is 5.15. The Morgan fingerprint density at radius 3 is 2.41 bits per heavy atom. The summed E-state index contributed by atoms with van der Waals surface area (Å²) in [4.78, 5) is 19.8. The van der Waals surface area contributed by atoms with E-state index in [0.717, 1.165) is 35.4 Å². The summed E-state index contributed by atoms with van der Waals surface area (Å²) in [5.74, 6) is 6.46. The van der Waals surface area contributed by atoms with Gasteiger partial charge in [-0.3, -0.25) is 9.69 Å². The molecule has 2 heterocycles. The molecule has 2 aromatic carbocycles. The number of hydrogen-bond acceptors (Lipinski definition) is 5. The monoisotopic (exact) mass is 478 g/mol. The van der Waals surface area contributed by atoms with Crippen molar-refractivity contribution in [3.8, 4) is 11.8 Å². The van der Waals surface area contributed by atoms with E-state index in [1.54, 1.807) is 24.3 Å². The van der Waals surface area contributed by atoms with Crippen molar-refractivity contribution in [1.29, 1.82) is 0 Å². The molecule has 0 bridgehead atoms. The van der Waals surface area contributed by atoms with E-state index in [2.05, 4.69) is 21.6 Å². The van der Waals surface area contributed by atoms with Gasteiger partial charge < -0.3 is 9.80 Å². The van der Waals surface area contributed by atoms with Crippen LogP contribution < -0.4 is 0 Å². The van der Waals surface area contributed by atoms with Gasteiger partial charge in [0.1, 0.15) is 0 Å². The fourth-order valence-electron chi connectivity index (χ4n) is 4.25. The molecule has 4 rings (SSSR count). The van der Waals surface area contributed by atoms with E-state index in [9.17, 15) is 13.2 Å². The van der Waals surface area contributed by atoms with E-state index in [4.69, 9.17) is 0 Å². The minimum atomic E-state index is -3.47. The number of nitrogens with zero attached hydrogens (tertiary/aromatic N) is 4. The number of amides is 1. The van der Waals surface area contributed by atoms with Gasteiger partial charge in [-0.25, -0.2) is 12.7 Å². The predicted molar refractivity (Wildman–Crippen MR) is 132 cm³/mol. The maximum absolute atomic E-state index is 13.3. The molecule has 0 radical (unpaired) electrons. The van der Waals surface area contributed by atoms with Gasteiger partial charge in [-0.2, -0.15) is 0 Å². The minimum Gasteiger partial charge on any atom is -0.360 e. The smallest absolute Gasteiger partial charge is 0.254 e. The van der Waals surface area contributed by atoms with E-state index in [1.807, 2.05) is 42.3 Å². The average molecular weight is 479 g/mol. The van der Waals surface area contributed by atoms with Crippen LogP contribution in [-0.4, -0.2) is 80.8 Å². The molecule has 0 saturated carbocycles. The van der Waals surface area contributed by atoms with Crippen molar-refractivity contribution < 1.29 is 13.2 Å². The molecule has 0 spiro atoms. The molecule has 0 atom stereocenters. The number of benzene rings is 2. The van der Waals surface area contributed by atoms with E-state index < -0.39 is 10.0 Å². The number of sulfonamides is 1. The summed E-state index contributed by atoms with van der Waals surface area (Å²) < 4.78 is 25.8. The van der Waals surface area contributed by atoms with Crippen LogP contribution in [0.1, 0.15) is 17.5 Å². The SMILES string of the molecule is CN1CN(Cc2ccc(S(=O)(=O)N(C)C)cc2)C(=O)C2=C1CCN(CC#Cc1ccccc1)C2. The van der Waals surface area contributed by atoms with Crippen molar-refractivity contribution in [2.75, 3.05) is 47.4 Å². The highest BCUT2D eigenvalue weighted by Crippen LogP contribution is 2.27. The average Bonchev–Trinajstić information content (AvgIpc) is 2.83. The third kappa shape index (κ3) is 5.17. The second-order valence-electron chi connectivity index (χ2n) is 8.83. The number of carbonyl (C=O) groups is 1. The van der Waals surface area contributed by atoms with Crippen molar-refractivity contribution in [2.24, 2.45) is 0 Å². The molecule has 7 nitrogen and oxygen atoms in total. The van der Waals surface area contributed by atoms with Crippen LogP contribution in [0.15, 0.2) is 70.8 Å². The molecule has 0 unspecified atom stereocenters. The summed E-state index contributed by atoms with van der Waals surface area (Å²) in [6, 6.07) is 16.7.